The third-order valence-electron chi connectivity index (χ3n) is 2.56. The van der Waals surface area contributed by atoms with Gasteiger partial charge in [-0.3, -0.25) is 4.79 Å². The van der Waals surface area contributed by atoms with E-state index in [1.807, 2.05) is 6.92 Å². The smallest absolute Gasteiger partial charge is 0.327 e. The predicted octanol–water partition coefficient (Wildman–Crippen LogP) is -0.403. The van der Waals surface area contributed by atoms with Crippen LogP contribution >= 0.6 is 11.8 Å². The molecular weight excluding hydrogens is 244 g/mol. The number of rotatable bonds is 6. The van der Waals surface area contributed by atoms with E-state index < -0.39 is 12.0 Å². The lowest BCUT2D eigenvalue weighted by Gasteiger charge is -2.25. The Bertz CT molecular complexity index is 287. The lowest BCUT2D eigenvalue weighted by Crippen LogP contribution is -2.48. The molecular formula is C10H18N2O4S. The standard InChI is InChI=1S/C10H18N2O4S/c1-7-12(8(6-17-7)10(14)15)9(13)5-11-3-4-16-2/h7-8,11H,3-6H2,1-2H3,(H,14,15). The van der Waals surface area contributed by atoms with E-state index in [-0.39, 0.29) is 17.8 Å². The van der Waals surface area contributed by atoms with Crippen molar-refractivity contribution in [1.82, 2.24) is 10.2 Å². The van der Waals surface area contributed by atoms with Gasteiger partial charge < -0.3 is 20.1 Å². The second-order valence-corrected chi connectivity index (χ2v) is 5.11. The van der Waals surface area contributed by atoms with Crippen molar-refractivity contribution in [3.8, 4) is 0 Å². The second kappa shape index (κ2) is 6.83. The third-order valence-corrected chi connectivity index (χ3v) is 3.77. The summed E-state index contributed by atoms with van der Waals surface area (Å²) in [7, 11) is 1.59. The summed E-state index contributed by atoms with van der Waals surface area (Å²) in [6.07, 6.45) is 0. The van der Waals surface area contributed by atoms with Crippen molar-refractivity contribution in [3.05, 3.63) is 0 Å². The van der Waals surface area contributed by atoms with E-state index in [1.54, 1.807) is 7.11 Å². The van der Waals surface area contributed by atoms with Crippen LogP contribution in [0.5, 0.6) is 0 Å². The quantitative estimate of drug-likeness (QED) is 0.634. The molecule has 1 rings (SSSR count). The largest absolute Gasteiger partial charge is 0.480 e. The number of hydrogen-bond donors (Lipinski definition) is 2. The average molecular weight is 262 g/mol. The number of carboxylic acids is 1. The molecule has 1 fully saturated rings. The molecule has 0 spiro atoms. The molecule has 1 saturated heterocycles. The van der Waals surface area contributed by atoms with E-state index >= 15 is 0 Å². The maximum Gasteiger partial charge on any atom is 0.327 e. The first-order valence-electron chi connectivity index (χ1n) is 5.43. The molecule has 1 aliphatic rings. The lowest BCUT2D eigenvalue weighted by molar-refractivity contribution is -0.148. The highest BCUT2D eigenvalue weighted by Crippen LogP contribution is 2.28. The van der Waals surface area contributed by atoms with Crippen molar-refractivity contribution in [2.75, 3.05) is 32.6 Å². The Morgan fingerprint density at radius 3 is 2.88 bits per heavy atom. The molecule has 0 aromatic rings. The van der Waals surface area contributed by atoms with E-state index in [1.165, 1.54) is 16.7 Å². The van der Waals surface area contributed by atoms with Crippen LogP contribution in [0.4, 0.5) is 0 Å². The molecule has 0 bridgehead atoms. The molecule has 0 saturated carbocycles. The van der Waals surface area contributed by atoms with E-state index in [4.69, 9.17) is 9.84 Å². The Hall–Kier alpha value is -0.790. The number of carbonyl (C=O) groups excluding carboxylic acids is 1. The number of ether oxygens (including phenoxy) is 1. The minimum atomic E-state index is -0.938. The van der Waals surface area contributed by atoms with Crippen molar-refractivity contribution in [1.29, 1.82) is 0 Å². The monoisotopic (exact) mass is 262 g/mol. The van der Waals surface area contributed by atoms with Crippen LogP contribution in [0.3, 0.4) is 0 Å². The van der Waals surface area contributed by atoms with Crippen molar-refractivity contribution < 1.29 is 19.4 Å². The van der Waals surface area contributed by atoms with Gasteiger partial charge in [-0.2, -0.15) is 0 Å². The Labute approximate surface area is 105 Å². The van der Waals surface area contributed by atoms with Crippen molar-refractivity contribution in [3.63, 3.8) is 0 Å². The highest BCUT2D eigenvalue weighted by Gasteiger charge is 2.38. The number of thioether (sulfide) groups is 1. The molecule has 17 heavy (non-hydrogen) atoms. The molecule has 7 heteroatoms. The molecule has 2 unspecified atom stereocenters. The summed E-state index contributed by atoms with van der Waals surface area (Å²) in [6.45, 7) is 3.11. The number of amides is 1. The first-order valence-corrected chi connectivity index (χ1v) is 6.48. The van der Waals surface area contributed by atoms with Crippen LogP contribution in [0, 0.1) is 0 Å². The van der Waals surface area contributed by atoms with E-state index in [9.17, 15) is 9.59 Å². The average Bonchev–Trinajstić information content (AvgIpc) is 2.66. The van der Waals surface area contributed by atoms with Crippen molar-refractivity contribution in [2.45, 2.75) is 18.3 Å². The van der Waals surface area contributed by atoms with Crippen LogP contribution in [-0.2, 0) is 14.3 Å². The van der Waals surface area contributed by atoms with E-state index in [2.05, 4.69) is 5.32 Å². The summed E-state index contributed by atoms with van der Waals surface area (Å²) in [5, 5.41) is 11.9. The van der Waals surface area contributed by atoms with Gasteiger partial charge in [0.05, 0.1) is 18.5 Å². The number of nitrogens with one attached hydrogen (secondary N) is 1. The lowest BCUT2D eigenvalue weighted by atomic mass is 10.2. The minimum absolute atomic E-state index is 0.0761. The summed E-state index contributed by atoms with van der Waals surface area (Å²) >= 11 is 1.49. The first kappa shape index (κ1) is 14.3. The van der Waals surface area contributed by atoms with Crippen LogP contribution < -0.4 is 5.32 Å². The van der Waals surface area contributed by atoms with Gasteiger partial charge in [0.2, 0.25) is 5.91 Å². The van der Waals surface area contributed by atoms with Crippen molar-refractivity contribution >= 4 is 23.6 Å². The van der Waals surface area contributed by atoms with Gasteiger partial charge in [-0.15, -0.1) is 11.8 Å². The van der Waals surface area contributed by atoms with Gasteiger partial charge in [0, 0.05) is 19.4 Å². The fraction of sp³-hybridized carbons (Fsp3) is 0.800. The van der Waals surface area contributed by atoms with Crippen LogP contribution in [-0.4, -0.2) is 65.9 Å². The molecule has 6 nitrogen and oxygen atoms in total. The fourth-order valence-electron chi connectivity index (χ4n) is 1.67. The highest BCUT2D eigenvalue weighted by molar-refractivity contribution is 8.00. The van der Waals surface area contributed by atoms with Crippen LogP contribution in [0.15, 0.2) is 0 Å². The maximum absolute atomic E-state index is 11.9. The summed E-state index contributed by atoms with van der Waals surface area (Å²) in [5.41, 5.74) is 0. The fourth-order valence-corrected chi connectivity index (χ4v) is 2.86. The number of hydrogen-bond acceptors (Lipinski definition) is 5. The molecule has 0 aliphatic carbocycles. The summed E-state index contributed by atoms with van der Waals surface area (Å²) in [4.78, 5) is 24.3. The highest BCUT2D eigenvalue weighted by atomic mass is 32.2. The molecule has 98 valence electrons. The minimum Gasteiger partial charge on any atom is -0.480 e. The van der Waals surface area contributed by atoms with Gasteiger partial charge in [-0.1, -0.05) is 0 Å². The van der Waals surface area contributed by atoms with Crippen LogP contribution in [0.25, 0.3) is 0 Å². The Balaban J connectivity index is 2.45. The summed E-state index contributed by atoms with van der Waals surface area (Å²) in [6, 6.07) is -0.702. The van der Waals surface area contributed by atoms with E-state index in [0.717, 1.165) is 0 Å². The van der Waals surface area contributed by atoms with E-state index in [0.29, 0.717) is 18.9 Å². The zero-order valence-electron chi connectivity index (χ0n) is 10.0. The van der Waals surface area contributed by atoms with Gasteiger partial charge in [0.25, 0.3) is 0 Å². The molecule has 1 aliphatic heterocycles. The van der Waals surface area contributed by atoms with Gasteiger partial charge in [0.15, 0.2) is 0 Å². The van der Waals surface area contributed by atoms with Gasteiger partial charge in [-0.05, 0) is 6.92 Å². The molecule has 2 atom stereocenters. The predicted molar refractivity (Wildman–Crippen MR) is 64.9 cm³/mol. The molecule has 0 aromatic carbocycles. The third kappa shape index (κ3) is 3.86. The normalized spacial score (nSPS) is 24.0. The second-order valence-electron chi connectivity index (χ2n) is 3.76. The molecule has 1 heterocycles. The SMILES string of the molecule is COCCNCC(=O)N1C(C)SCC1C(=O)O. The topological polar surface area (TPSA) is 78.9 Å². The maximum atomic E-state index is 11.9. The van der Waals surface area contributed by atoms with Gasteiger partial charge in [0.1, 0.15) is 6.04 Å². The molecule has 0 aromatic heterocycles. The number of methoxy groups -OCH3 is 1. The number of aliphatic carboxylic acids is 1. The van der Waals surface area contributed by atoms with Crippen molar-refractivity contribution in [2.24, 2.45) is 0 Å². The molecule has 0 radical (unpaired) electrons. The molecule has 1 amide bonds. The van der Waals surface area contributed by atoms with Gasteiger partial charge >= 0.3 is 5.97 Å². The number of nitrogens with zero attached hydrogens (tertiary/aromatic N) is 1. The van der Waals surface area contributed by atoms with Crippen LogP contribution in [0.1, 0.15) is 6.92 Å². The molecule has 2 N–H and O–H groups in total. The Morgan fingerprint density at radius 1 is 1.59 bits per heavy atom. The van der Waals surface area contributed by atoms with Crippen LogP contribution in [0.2, 0.25) is 0 Å². The zero-order valence-corrected chi connectivity index (χ0v) is 10.8. The number of carboxylic acid groups (broad SMARTS) is 1. The Morgan fingerprint density at radius 2 is 2.29 bits per heavy atom. The van der Waals surface area contributed by atoms with Gasteiger partial charge in [-0.25, -0.2) is 4.79 Å². The summed E-state index contributed by atoms with van der Waals surface area (Å²) < 4.78 is 4.84. The first-order chi connectivity index (χ1) is 8.07. The number of carbonyl (C=O) groups is 2. The Kier molecular flexibility index (Phi) is 5.73. The summed E-state index contributed by atoms with van der Waals surface area (Å²) in [5.74, 6) is -0.654. The zero-order chi connectivity index (χ0) is 12.8.